The van der Waals surface area contributed by atoms with E-state index in [-0.39, 0.29) is 25.0 Å². The highest BCUT2D eigenvalue weighted by molar-refractivity contribution is 5.97. The van der Waals surface area contributed by atoms with Crippen LogP contribution >= 0.6 is 0 Å². The quantitative estimate of drug-likeness (QED) is 0.0759. The summed E-state index contributed by atoms with van der Waals surface area (Å²) in [6.45, 7) is 1.14. The lowest BCUT2D eigenvalue weighted by atomic mass is 10.0. The Kier molecular flexibility index (Phi) is 14.0. The number of amides is 6. The van der Waals surface area contributed by atoms with E-state index in [9.17, 15) is 43.5 Å². The van der Waals surface area contributed by atoms with Gasteiger partial charge in [-0.3, -0.25) is 33.6 Å². The molecule has 0 heterocycles. The number of nitrogens with two attached hydrogens (primary N) is 3. The number of carbonyl (C=O) groups is 8. The number of benzene rings is 1. The summed E-state index contributed by atoms with van der Waals surface area (Å²) < 4.78 is 0. The average molecular weight is 610 g/mol. The number of rotatable bonds is 18. The van der Waals surface area contributed by atoms with Gasteiger partial charge in [-0.15, -0.1) is 0 Å². The maximum atomic E-state index is 13.3. The molecule has 0 spiro atoms. The zero-order valence-electron chi connectivity index (χ0n) is 23.1. The van der Waals surface area contributed by atoms with Crippen LogP contribution in [0, 0.1) is 0 Å². The first-order chi connectivity index (χ1) is 20.0. The van der Waals surface area contributed by atoms with Gasteiger partial charge in [-0.05, 0) is 31.0 Å². The average Bonchev–Trinajstić information content (AvgIpc) is 2.90. The maximum Gasteiger partial charge on any atom is 0.326 e. The van der Waals surface area contributed by atoms with E-state index in [2.05, 4.69) is 16.0 Å². The third-order valence-corrected chi connectivity index (χ3v) is 5.83. The molecule has 1 aromatic carbocycles. The highest BCUT2D eigenvalue weighted by atomic mass is 16.4. The van der Waals surface area contributed by atoms with Gasteiger partial charge in [0.05, 0.1) is 18.9 Å². The summed E-state index contributed by atoms with van der Waals surface area (Å²) in [6.07, 6.45) is -2.20. The Bertz CT molecular complexity index is 1220. The van der Waals surface area contributed by atoms with Crippen molar-refractivity contribution in [2.75, 3.05) is 0 Å². The van der Waals surface area contributed by atoms with Crippen LogP contribution in [0.1, 0.15) is 38.2 Å². The number of aliphatic carboxylic acids is 2. The van der Waals surface area contributed by atoms with E-state index in [4.69, 9.17) is 27.4 Å². The number of nitrogens with one attached hydrogen (secondary N) is 4. The van der Waals surface area contributed by atoms with Crippen LogP contribution < -0.4 is 38.5 Å². The van der Waals surface area contributed by atoms with Crippen LogP contribution in [0.15, 0.2) is 24.3 Å². The fraction of sp³-hybridized carbons (Fsp3) is 0.440. The highest BCUT2D eigenvalue weighted by Gasteiger charge is 2.32. The van der Waals surface area contributed by atoms with Crippen molar-refractivity contribution in [1.29, 1.82) is 0 Å². The van der Waals surface area contributed by atoms with Crippen molar-refractivity contribution in [1.82, 2.24) is 21.3 Å². The Morgan fingerprint density at radius 2 is 1.26 bits per heavy atom. The van der Waals surface area contributed by atoms with Crippen LogP contribution in [-0.4, -0.2) is 92.9 Å². The van der Waals surface area contributed by atoms with Gasteiger partial charge in [0, 0.05) is 12.8 Å². The molecule has 0 bridgehead atoms. The molecule has 0 aliphatic carbocycles. The van der Waals surface area contributed by atoms with Crippen molar-refractivity contribution in [2.45, 2.75) is 69.2 Å². The number of hydrogen-bond acceptors (Lipinski definition) is 10. The summed E-state index contributed by atoms with van der Waals surface area (Å²) in [5.41, 5.74) is 16.5. The lowest BCUT2D eigenvalue weighted by Crippen LogP contribution is -2.59. The normalized spacial score (nSPS) is 14.1. The summed E-state index contributed by atoms with van der Waals surface area (Å²) in [4.78, 5) is 96.0. The number of phenols is 1. The molecule has 13 N–H and O–H groups in total. The lowest BCUT2D eigenvalue weighted by molar-refractivity contribution is -0.147. The summed E-state index contributed by atoms with van der Waals surface area (Å²) >= 11 is 0. The Morgan fingerprint density at radius 1 is 0.721 bits per heavy atom. The number of aromatic hydroxyl groups is 1. The summed E-state index contributed by atoms with van der Waals surface area (Å²) in [7, 11) is 0. The molecule has 0 saturated carbocycles. The third kappa shape index (κ3) is 13.3. The van der Waals surface area contributed by atoms with E-state index in [1.54, 1.807) is 0 Å². The molecule has 18 heteroatoms. The lowest BCUT2D eigenvalue weighted by Gasteiger charge is -2.25. The second-order valence-electron chi connectivity index (χ2n) is 9.50. The molecule has 236 valence electrons. The Morgan fingerprint density at radius 3 is 1.77 bits per heavy atom. The Hall–Kier alpha value is -5.26. The zero-order chi connectivity index (χ0) is 32.9. The first kappa shape index (κ1) is 35.8. The molecule has 0 unspecified atom stereocenters. The van der Waals surface area contributed by atoms with Crippen LogP contribution in [0.25, 0.3) is 0 Å². The first-order valence-electron chi connectivity index (χ1n) is 12.8. The topological polar surface area (TPSA) is 323 Å². The Balaban J connectivity index is 3.11. The van der Waals surface area contributed by atoms with E-state index in [0.29, 0.717) is 5.56 Å². The van der Waals surface area contributed by atoms with Crippen LogP contribution in [0.4, 0.5) is 0 Å². The molecular formula is C25H35N7O11. The second kappa shape index (κ2) is 16.9. The standard InChI is InChI=1S/C25H35N7O11/c1-11(21(38)32-17(25(42)43)10-20(36)37)29-23(40)16(9-19(28)35)31-24(41)15(8-12-2-4-13(33)5-3-12)30-22(39)14(26)6-7-18(27)34/h2-5,11,14-17,33H,6-10,26H2,1H3,(H2,27,34)(H2,28,35)(H,29,40)(H,30,39)(H,31,41)(H,32,38)(H,36,37)(H,42,43)/t11-,14-,15-,16-,17-/m0/s1. The molecule has 1 aromatic rings. The minimum Gasteiger partial charge on any atom is -0.508 e. The molecule has 1 rings (SSSR count). The van der Waals surface area contributed by atoms with Crippen LogP contribution in [0.5, 0.6) is 5.75 Å². The van der Waals surface area contributed by atoms with Crippen molar-refractivity contribution in [3.05, 3.63) is 29.8 Å². The monoisotopic (exact) mass is 609 g/mol. The van der Waals surface area contributed by atoms with E-state index >= 15 is 0 Å². The van der Waals surface area contributed by atoms with Crippen molar-refractivity contribution >= 4 is 47.4 Å². The van der Waals surface area contributed by atoms with E-state index in [0.717, 1.165) is 6.92 Å². The van der Waals surface area contributed by atoms with E-state index in [1.165, 1.54) is 24.3 Å². The first-order valence-corrected chi connectivity index (χ1v) is 12.8. The molecule has 18 nitrogen and oxygen atoms in total. The van der Waals surface area contributed by atoms with Crippen molar-refractivity contribution in [3.8, 4) is 5.75 Å². The number of hydrogen-bond donors (Lipinski definition) is 10. The third-order valence-electron chi connectivity index (χ3n) is 5.83. The van der Waals surface area contributed by atoms with Gasteiger partial charge < -0.3 is 53.8 Å². The molecule has 0 aliphatic rings. The zero-order valence-corrected chi connectivity index (χ0v) is 23.1. The van der Waals surface area contributed by atoms with Crippen molar-refractivity contribution in [2.24, 2.45) is 17.2 Å². The highest BCUT2D eigenvalue weighted by Crippen LogP contribution is 2.12. The molecule has 43 heavy (non-hydrogen) atoms. The molecule has 0 radical (unpaired) electrons. The SMILES string of the molecule is C[C@H](NC(=O)[C@H](CC(N)=O)NC(=O)[C@H](Cc1ccc(O)cc1)NC(=O)[C@@H](N)CCC(N)=O)C(=O)N[C@@H](CC(=O)O)C(=O)O. The molecule has 0 saturated heterocycles. The molecule has 5 atom stereocenters. The number of primary amides is 2. The number of carbonyl (C=O) groups excluding carboxylic acids is 6. The smallest absolute Gasteiger partial charge is 0.326 e. The summed E-state index contributed by atoms with van der Waals surface area (Å²) in [5.74, 6) is -8.92. The second-order valence-corrected chi connectivity index (χ2v) is 9.50. The van der Waals surface area contributed by atoms with E-state index < -0.39 is 90.4 Å². The maximum absolute atomic E-state index is 13.3. The van der Waals surface area contributed by atoms with Crippen LogP contribution in [-0.2, 0) is 44.8 Å². The van der Waals surface area contributed by atoms with Crippen molar-refractivity contribution in [3.63, 3.8) is 0 Å². The predicted molar refractivity (Wildman–Crippen MR) is 145 cm³/mol. The van der Waals surface area contributed by atoms with Gasteiger partial charge in [0.25, 0.3) is 0 Å². The summed E-state index contributed by atoms with van der Waals surface area (Å²) in [6, 6.07) is -1.99. The molecule has 0 aliphatic heterocycles. The number of carboxylic acid groups (broad SMARTS) is 2. The fourth-order valence-electron chi connectivity index (χ4n) is 3.52. The van der Waals surface area contributed by atoms with Gasteiger partial charge in [-0.1, -0.05) is 12.1 Å². The molecule has 6 amide bonds. The van der Waals surface area contributed by atoms with Gasteiger partial charge in [-0.2, -0.15) is 0 Å². The van der Waals surface area contributed by atoms with Gasteiger partial charge in [0.15, 0.2) is 0 Å². The van der Waals surface area contributed by atoms with Crippen LogP contribution in [0.2, 0.25) is 0 Å². The van der Waals surface area contributed by atoms with Crippen molar-refractivity contribution < 1.29 is 53.7 Å². The summed E-state index contributed by atoms with van der Waals surface area (Å²) in [5, 5.41) is 36.3. The fourth-order valence-corrected chi connectivity index (χ4v) is 3.52. The minimum atomic E-state index is -1.80. The predicted octanol–water partition coefficient (Wildman–Crippen LogP) is -4.08. The molecule has 0 fully saturated rings. The van der Waals surface area contributed by atoms with Crippen LogP contribution in [0.3, 0.4) is 0 Å². The van der Waals surface area contributed by atoms with Gasteiger partial charge in [-0.25, -0.2) is 4.79 Å². The molecule has 0 aromatic heterocycles. The minimum absolute atomic E-state index is 0.0729. The van der Waals surface area contributed by atoms with E-state index in [1.807, 2.05) is 5.32 Å². The molecular weight excluding hydrogens is 574 g/mol. The largest absolute Gasteiger partial charge is 0.508 e. The number of carboxylic acids is 2. The number of phenolic OH excluding ortho intramolecular Hbond substituents is 1. The van der Waals surface area contributed by atoms with Gasteiger partial charge in [0.2, 0.25) is 35.4 Å². The van der Waals surface area contributed by atoms with Gasteiger partial charge >= 0.3 is 11.9 Å². The Labute approximate surface area is 244 Å². The van der Waals surface area contributed by atoms with Gasteiger partial charge in [0.1, 0.15) is 29.9 Å².